The number of amides is 1. The Hall–Kier alpha value is -2.29. The van der Waals surface area contributed by atoms with Crippen LogP contribution in [-0.2, 0) is 13.1 Å². The number of halogens is 1. The van der Waals surface area contributed by atoms with Crippen LogP contribution in [0, 0.1) is 6.92 Å². The topological polar surface area (TPSA) is 88.7 Å². The Morgan fingerprint density at radius 1 is 1.11 bits per heavy atom. The van der Waals surface area contributed by atoms with Crippen LogP contribution in [0.2, 0.25) is 0 Å². The molecule has 0 fully saturated rings. The lowest BCUT2D eigenvalue weighted by molar-refractivity contribution is 0.100. The van der Waals surface area contributed by atoms with Crippen molar-refractivity contribution in [3.63, 3.8) is 0 Å². The summed E-state index contributed by atoms with van der Waals surface area (Å²) >= 11 is 0. The first-order valence-corrected chi connectivity index (χ1v) is 9.16. The summed E-state index contributed by atoms with van der Waals surface area (Å²) in [6, 6.07) is 13.3. The molecule has 0 saturated carbocycles. The monoisotopic (exact) mass is 496 g/mol. The van der Waals surface area contributed by atoms with Gasteiger partial charge in [0, 0.05) is 24.2 Å². The summed E-state index contributed by atoms with van der Waals surface area (Å²) in [4.78, 5) is 15.7. The molecule has 0 bridgehead atoms. The fraction of sp³-hybridized carbons (Fsp3) is 0.333. The largest absolute Gasteiger partial charge is 0.494 e. The number of guanidine groups is 1. The van der Waals surface area contributed by atoms with Crippen LogP contribution in [0.1, 0.15) is 40.9 Å². The smallest absolute Gasteiger partial charge is 0.248 e. The Balaban J connectivity index is 0.00000392. The van der Waals surface area contributed by atoms with Crippen LogP contribution in [-0.4, -0.2) is 25.0 Å². The number of benzene rings is 2. The van der Waals surface area contributed by atoms with E-state index in [9.17, 15) is 4.79 Å². The lowest BCUT2D eigenvalue weighted by Crippen LogP contribution is -2.36. The molecular formula is C21H29IN4O2. The average molecular weight is 496 g/mol. The number of aliphatic imine (C=N–C) groups is 1. The lowest BCUT2D eigenvalue weighted by Gasteiger charge is -2.15. The number of hydrogen-bond donors (Lipinski definition) is 3. The van der Waals surface area contributed by atoms with Crippen molar-refractivity contribution in [1.82, 2.24) is 10.6 Å². The highest BCUT2D eigenvalue weighted by molar-refractivity contribution is 14.0. The fourth-order valence-electron chi connectivity index (χ4n) is 2.56. The van der Waals surface area contributed by atoms with Crippen molar-refractivity contribution >= 4 is 35.8 Å². The van der Waals surface area contributed by atoms with E-state index >= 15 is 0 Å². The summed E-state index contributed by atoms with van der Waals surface area (Å²) < 4.78 is 5.73. The standard InChI is InChI=1S/C21H28N4O2.HI/c1-4-23-21(24-13-16-7-10-17(11-8-16)20(22)26)25-14-18-9-6-15(3)12-19(18)27-5-2;/h6-12H,4-5,13-14H2,1-3H3,(H2,22,26)(H2,23,24,25);1H. The van der Waals surface area contributed by atoms with E-state index in [1.54, 1.807) is 12.1 Å². The first-order valence-electron chi connectivity index (χ1n) is 9.16. The molecule has 1 amide bonds. The average Bonchev–Trinajstić information content (AvgIpc) is 2.65. The number of rotatable bonds is 8. The van der Waals surface area contributed by atoms with E-state index in [0.29, 0.717) is 25.3 Å². The van der Waals surface area contributed by atoms with Gasteiger partial charge in [-0.25, -0.2) is 4.99 Å². The predicted octanol–water partition coefficient (Wildman–Crippen LogP) is 3.37. The second-order valence-corrected chi connectivity index (χ2v) is 6.15. The molecule has 0 aliphatic carbocycles. The van der Waals surface area contributed by atoms with Gasteiger partial charge in [-0.15, -0.1) is 24.0 Å². The normalized spacial score (nSPS) is 10.8. The van der Waals surface area contributed by atoms with Crippen LogP contribution in [0.3, 0.4) is 0 Å². The zero-order valence-corrected chi connectivity index (χ0v) is 18.9. The maximum atomic E-state index is 11.1. The zero-order chi connectivity index (χ0) is 19.6. The minimum Gasteiger partial charge on any atom is -0.494 e. The summed E-state index contributed by atoms with van der Waals surface area (Å²) in [6.07, 6.45) is 0. The van der Waals surface area contributed by atoms with E-state index in [1.807, 2.05) is 32.0 Å². The molecule has 28 heavy (non-hydrogen) atoms. The molecule has 0 aromatic heterocycles. The molecule has 2 rings (SSSR count). The van der Waals surface area contributed by atoms with Crippen molar-refractivity contribution in [2.75, 3.05) is 13.2 Å². The number of hydrogen-bond acceptors (Lipinski definition) is 3. The number of carbonyl (C=O) groups is 1. The Morgan fingerprint density at radius 2 is 1.82 bits per heavy atom. The van der Waals surface area contributed by atoms with Crippen molar-refractivity contribution in [3.05, 3.63) is 64.7 Å². The number of nitrogens with one attached hydrogen (secondary N) is 2. The quantitative estimate of drug-likeness (QED) is 0.297. The summed E-state index contributed by atoms with van der Waals surface area (Å²) in [5.74, 6) is 1.19. The zero-order valence-electron chi connectivity index (χ0n) is 16.6. The molecule has 0 atom stereocenters. The third-order valence-corrected chi connectivity index (χ3v) is 3.97. The van der Waals surface area contributed by atoms with Gasteiger partial charge in [0.05, 0.1) is 13.2 Å². The molecule has 0 spiro atoms. The van der Waals surface area contributed by atoms with Crippen LogP contribution >= 0.6 is 24.0 Å². The highest BCUT2D eigenvalue weighted by atomic mass is 127. The van der Waals surface area contributed by atoms with Crippen molar-refractivity contribution in [2.24, 2.45) is 10.7 Å². The first kappa shape index (κ1) is 23.7. The molecule has 0 unspecified atom stereocenters. The molecule has 4 N–H and O–H groups in total. The molecule has 152 valence electrons. The maximum absolute atomic E-state index is 11.1. The minimum atomic E-state index is -0.428. The van der Waals surface area contributed by atoms with Gasteiger partial charge in [-0.2, -0.15) is 0 Å². The molecule has 0 aliphatic heterocycles. The Bertz CT molecular complexity index is 791. The summed E-state index contributed by atoms with van der Waals surface area (Å²) in [6.45, 7) is 8.56. The van der Waals surface area contributed by atoms with Gasteiger partial charge in [-0.05, 0) is 50.1 Å². The predicted molar refractivity (Wildman–Crippen MR) is 124 cm³/mol. The number of carbonyl (C=O) groups excluding carboxylic acids is 1. The van der Waals surface area contributed by atoms with E-state index in [1.165, 1.54) is 5.56 Å². The third-order valence-electron chi connectivity index (χ3n) is 3.97. The lowest BCUT2D eigenvalue weighted by atomic mass is 10.1. The number of primary amides is 1. The van der Waals surface area contributed by atoms with Crippen LogP contribution in [0.25, 0.3) is 0 Å². The van der Waals surface area contributed by atoms with Crippen LogP contribution in [0.4, 0.5) is 0 Å². The highest BCUT2D eigenvalue weighted by Gasteiger charge is 2.06. The van der Waals surface area contributed by atoms with E-state index in [-0.39, 0.29) is 24.0 Å². The molecule has 7 heteroatoms. The third kappa shape index (κ3) is 7.38. The van der Waals surface area contributed by atoms with Gasteiger partial charge < -0.3 is 21.1 Å². The van der Waals surface area contributed by atoms with Gasteiger partial charge in [0.15, 0.2) is 5.96 Å². The van der Waals surface area contributed by atoms with Gasteiger partial charge in [-0.1, -0.05) is 24.3 Å². The first-order chi connectivity index (χ1) is 13.0. The number of nitrogens with zero attached hydrogens (tertiary/aromatic N) is 1. The van der Waals surface area contributed by atoms with E-state index in [0.717, 1.165) is 29.4 Å². The van der Waals surface area contributed by atoms with Crippen molar-refractivity contribution < 1.29 is 9.53 Å². The van der Waals surface area contributed by atoms with E-state index < -0.39 is 5.91 Å². The van der Waals surface area contributed by atoms with E-state index in [2.05, 4.69) is 34.7 Å². The van der Waals surface area contributed by atoms with Gasteiger partial charge in [0.2, 0.25) is 5.91 Å². The molecule has 2 aromatic carbocycles. The van der Waals surface area contributed by atoms with Crippen molar-refractivity contribution in [1.29, 1.82) is 0 Å². The molecule has 6 nitrogen and oxygen atoms in total. The number of nitrogens with two attached hydrogens (primary N) is 1. The Kier molecular flexibility index (Phi) is 10.4. The molecule has 0 heterocycles. The second-order valence-electron chi connectivity index (χ2n) is 6.15. The molecular weight excluding hydrogens is 467 g/mol. The molecule has 0 aliphatic rings. The summed E-state index contributed by atoms with van der Waals surface area (Å²) in [5.41, 5.74) is 9.02. The number of ether oxygens (including phenoxy) is 1. The fourth-order valence-corrected chi connectivity index (χ4v) is 2.56. The van der Waals surface area contributed by atoms with Crippen LogP contribution in [0.5, 0.6) is 5.75 Å². The molecule has 2 aromatic rings. The second kappa shape index (κ2) is 12.2. The van der Waals surface area contributed by atoms with Crippen LogP contribution in [0.15, 0.2) is 47.5 Å². The Morgan fingerprint density at radius 3 is 2.43 bits per heavy atom. The molecule has 0 radical (unpaired) electrons. The minimum absolute atomic E-state index is 0. The van der Waals surface area contributed by atoms with E-state index in [4.69, 9.17) is 10.5 Å². The number of aryl methyl sites for hydroxylation is 1. The van der Waals surface area contributed by atoms with Gasteiger partial charge in [0.1, 0.15) is 5.75 Å². The Labute approximate surface area is 184 Å². The SMILES string of the molecule is CCNC(=NCc1ccc(C(N)=O)cc1)NCc1ccc(C)cc1OCC.I. The maximum Gasteiger partial charge on any atom is 0.248 e. The van der Waals surface area contributed by atoms with Crippen molar-refractivity contribution in [3.8, 4) is 5.75 Å². The molecule has 0 saturated heterocycles. The highest BCUT2D eigenvalue weighted by Crippen LogP contribution is 2.20. The summed E-state index contributed by atoms with van der Waals surface area (Å²) in [7, 11) is 0. The van der Waals surface area contributed by atoms with Crippen LogP contribution < -0.4 is 21.1 Å². The summed E-state index contributed by atoms with van der Waals surface area (Å²) in [5, 5.41) is 6.58. The van der Waals surface area contributed by atoms with Gasteiger partial charge >= 0.3 is 0 Å². The van der Waals surface area contributed by atoms with Gasteiger partial charge in [0.25, 0.3) is 0 Å². The van der Waals surface area contributed by atoms with Crippen molar-refractivity contribution in [2.45, 2.75) is 33.9 Å². The van der Waals surface area contributed by atoms with Gasteiger partial charge in [-0.3, -0.25) is 4.79 Å².